The second-order valence-corrected chi connectivity index (χ2v) is 17.2. The molecule has 0 saturated carbocycles. The minimum atomic E-state index is 0.899. The summed E-state index contributed by atoms with van der Waals surface area (Å²) in [6, 6.07) is 82.6. The van der Waals surface area contributed by atoms with Crippen LogP contribution in [-0.4, -0.2) is 0 Å². The van der Waals surface area contributed by atoms with Gasteiger partial charge in [0, 0.05) is 32.9 Å². The van der Waals surface area contributed by atoms with E-state index in [0.29, 0.717) is 0 Å². The molecule has 1 aromatic heterocycles. The molecule has 1 heterocycles. The van der Waals surface area contributed by atoms with Crippen LogP contribution in [0.25, 0.3) is 120 Å². The first-order valence-electron chi connectivity index (χ1n) is 22.1. The van der Waals surface area contributed by atoms with Crippen molar-refractivity contribution in [3.05, 3.63) is 224 Å². The van der Waals surface area contributed by atoms with Crippen molar-refractivity contribution in [1.29, 1.82) is 0 Å². The quantitative estimate of drug-likeness (QED) is 0.161. The number of benzene rings is 12. The maximum atomic E-state index is 6.32. The normalized spacial score (nSPS) is 12.1. The molecule has 0 radical (unpaired) electrons. The highest BCUT2D eigenvalue weighted by atomic mass is 16.3. The highest BCUT2D eigenvalue weighted by molar-refractivity contribution is 6.38. The number of hydrogen-bond acceptors (Lipinski definition) is 2. The predicted octanol–water partition coefficient (Wildman–Crippen LogP) is 17.9. The molecule has 0 unspecified atom stereocenters. The average Bonchev–Trinajstić information content (AvgIpc) is 3.73. The zero-order chi connectivity index (χ0) is 41.9. The fourth-order valence-corrected chi connectivity index (χ4v) is 10.9. The molecule has 14 rings (SSSR count). The van der Waals surface area contributed by atoms with Gasteiger partial charge in [0.25, 0.3) is 0 Å². The van der Waals surface area contributed by atoms with E-state index >= 15 is 0 Å². The summed E-state index contributed by atoms with van der Waals surface area (Å²) in [7, 11) is 0. The predicted molar refractivity (Wildman–Crippen MR) is 273 cm³/mol. The Morgan fingerprint density at radius 2 is 0.750 bits per heavy atom. The first-order valence-corrected chi connectivity index (χ1v) is 22.1. The highest BCUT2D eigenvalue weighted by Gasteiger charge is 2.22. The van der Waals surface area contributed by atoms with E-state index < -0.39 is 0 Å². The molecule has 0 aliphatic heterocycles. The van der Waals surface area contributed by atoms with E-state index in [9.17, 15) is 0 Å². The van der Waals surface area contributed by atoms with Gasteiger partial charge >= 0.3 is 0 Å². The summed E-state index contributed by atoms with van der Waals surface area (Å²) in [5.74, 6) is 0. The molecule has 14 aromatic rings. The van der Waals surface area contributed by atoms with E-state index in [1.165, 1.54) is 86.5 Å². The molecule has 0 N–H and O–H groups in total. The molecule has 0 aliphatic rings. The van der Waals surface area contributed by atoms with Crippen molar-refractivity contribution in [2.75, 3.05) is 4.90 Å². The lowest BCUT2D eigenvalue weighted by Crippen LogP contribution is -2.10. The van der Waals surface area contributed by atoms with Crippen molar-refractivity contribution in [2.45, 2.75) is 0 Å². The molecule has 2 heteroatoms. The minimum Gasteiger partial charge on any atom is -0.456 e. The molecule has 0 bridgehead atoms. The Labute approximate surface area is 368 Å². The van der Waals surface area contributed by atoms with Gasteiger partial charge in [0.05, 0.1) is 5.69 Å². The van der Waals surface area contributed by atoms with Crippen molar-refractivity contribution in [3.8, 4) is 22.3 Å². The smallest absolute Gasteiger partial charge is 0.136 e. The van der Waals surface area contributed by atoms with E-state index in [2.05, 4.69) is 217 Å². The van der Waals surface area contributed by atoms with Crippen LogP contribution in [0.3, 0.4) is 0 Å². The molecule has 0 saturated heterocycles. The SMILES string of the molecule is c1ccc2c(-c3ccc(N(c4ccc(-c5ccc6c(c5)oc5ccccc56)cc4)c4cc5cccc6c7cccc8ccc9cccc(c%10cccc4c%10c56)c9c87)cc3)cccc2c1. The van der Waals surface area contributed by atoms with Gasteiger partial charge in [-0.25, -0.2) is 0 Å². The van der Waals surface area contributed by atoms with E-state index in [4.69, 9.17) is 4.42 Å². The Morgan fingerprint density at radius 3 is 1.47 bits per heavy atom. The van der Waals surface area contributed by atoms with Gasteiger partial charge in [-0.2, -0.15) is 0 Å². The van der Waals surface area contributed by atoms with Crippen LogP contribution in [0.1, 0.15) is 0 Å². The van der Waals surface area contributed by atoms with Gasteiger partial charge in [-0.1, -0.05) is 176 Å². The van der Waals surface area contributed by atoms with Crippen LogP contribution in [-0.2, 0) is 0 Å². The highest BCUT2D eigenvalue weighted by Crippen LogP contribution is 2.48. The molecule has 0 fully saturated rings. The maximum absolute atomic E-state index is 6.32. The Bertz CT molecular complexity index is 4170. The minimum absolute atomic E-state index is 0.899. The third-order valence-electron chi connectivity index (χ3n) is 13.8. The molecule has 13 aromatic carbocycles. The Balaban J connectivity index is 1.02. The fourth-order valence-electron chi connectivity index (χ4n) is 10.9. The van der Waals surface area contributed by atoms with Gasteiger partial charge in [-0.15, -0.1) is 0 Å². The van der Waals surface area contributed by atoms with Crippen molar-refractivity contribution < 1.29 is 4.42 Å². The van der Waals surface area contributed by atoms with E-state index in [0.717, 1.165) is 50.1 Å². The van der Waals surface area contributed by atoms with Crippen molar-refractivity contribution in [1.82, 2.24) is 0 Å². The summed E-state index contributed by atoms with van der Waals surface area (Å²) in [5.41, 5.74) is 9.79. The second-order valence-electron chi connectivity index (χ2n) is 17.2. The number of furan rings is 1. The molecule has 2 nitrogen and oxygen atoms in total. The molecular weight excluding hydrogens is 775 g/mol. The second kappa shape index (κ2) is 13.5. The van der Waals surface area contributed by atoms with E-state index in [1.54, 1.807) is 0 Å². The Hall–Kier alpha value is -8.46. The van der Waals surface area contributed by atoms with Crippen LogP contribution in [0.15, 0.2) is 229 Å². The zero-order valence-electron chi connectivity index (χ0n) is 34.7. The number of fused-ring (bicyclic) bond motifs is 6. The number of para-hydroxylation sites is 1. The van der Waals surface area contributed by atoms with Crippen LogP contribution in [0.4, 0.5) is 17.1 Å². The van der Waals surface area contributed by atoms with Crippen LogP contribution < -0.4 is 4.90 Å². The lowest BCUT2D eigenvalue weighted by atomic mass is 9.87. The molecule has 0 amide bonds. The summed E-state index contributed by atoms with van der Waals surface area (Å²) in [6.07, 6.45) is 0. The summed E-state index contributed by atoms with van der Waals surface area (Å²) in [6.45, 7) is 0. The summed E-state index contributed by atoms with van der Waals surface area (Å²) >= 11 is 0. The summed E-state index contributed by atoms with van der Waals surface area (Å²) < 4.78 is 6.32. The van der Waals surface area contributed by atoms with Gasteiger partial charge in [0.2, 0.25) is 0 Å². The lowest BCUT2D eigenvalue weighted by molar-refractivity contribution is 0.669. The Kier molecular flexibility index (Phi) is 7.43. The number of nitrogens with zero attached hydrogens (tertiary/aromatic N) is 1. The first kappa shape index (κ1) is 35.2. The summed E-state index contributed by atoms with van der Waals surface area (Å²) in [4.78, 5) is 2.46. The van der Waals surface area contributed by atoms with Crippen LogP contribution in [0.5, 0.6) is 0 Å². The molecule has 296 valence electrons. The largest absolute Gasteiger partial charge is 0.456 e. The zero-order valence-corrected chi connectivity index (χ0v) is 34.7. The average molecular weight is 812 g/mol. The van der Waals surface area contributed by atoms with Crippen LogP contribution >= 0.6 is 0 Å². The Morgan fingerprint density at radius 1 is 0.266 bits per heavy atom. The number of rotatable bonds is 5. The maximum Gasteiger partial charge on any atom is 0.136 e. The molecule has 0 aliphatic carbocycles. The molecular formula is C62H37NO. The molecule has 0 spiro atoms. The van der Waals surface area contributed by atoms with E-state index in [1.807, 2.05) is 12.1 Å². The first-order chi connectivity index (χ1) is 31.7. The van der Waals surface area contributed by atoms with Gasteiger partial charge in [-0.05, 0) is 135 Å². The third-order valence-corrected chi connectivity index (χ3v) is 13.8. The van der Waals surface area contributed by atoms with Crippen molar-refractivity contribution >= 4 is 114 Å². The molecule has 0 atom stereocenters. The van der Waals surface area contributed by atoms with Gasteiger partial charge in [0.1, 0.15) is 11.2 Å². The van der Waals surface area contributed by atoms with E-state index in [-0.39, 0.29) is 0 Å². The van der Waals surface area contributed by atoms with Gasteiger partial charge < -0.3 is 9.32 Å². The monoisotopic (exact) mass is 811 g/mol. The number of hydrogen-bond donors (Lipinski definition) is 0. The summed E-state index contributed by atoms with van der Waals surface area (Å²) in [5, 5.41) is 20.0. The fraction of sp³-hybridized carbons (Fsp3) is 0. The topological polar surface area (TPSA) is 16.4 Å². The third kappa shape index (κ3) is 5.14. The standard InChI is InChI=1S/C62H37NO/c1-2-15-47-39(10-1)11-5-17-48(47)40-28-33-46(34-29-40)63(45-31-26-38(27-32-45)43-30-35-50-49-16-3-4-23-57(49)64-58(50)37-43)56-36-44-14-8-20-52-51-18-6-12-41-24-25-42-13-7-19-53(60(42)59(41)51)54-21-9-22-55(56)62(54)61(44)52/h1-37H. The number of anilines is 3. The molecule has 64 heavy (non-hydrogen) atoms. The van der Waals surface area contributed by atoms with Gasteiger partial charge in [0.15, 0.2) is 0 Å². The van der Waals surface area contributed by atoms with Crippen molar-refractivity contribution in [3.63, 3.8) is 0 Å². The lowest BCUT2D eigenvalue weighted by Gasteiger charge is -2.28. The van der Waals surface area contributed by atoms with Crippen LogP contribution in [0.2, 0.25) is 0 Å². The van der Waals surface area contributed by atoms with Gasteiger partial charge in [-0.3, -0.25) is 0 Å². The van der Waals surface area contributed by atoms with Crippen LogP contribution in [0, 0.1) is 0 Å². The van der Waals surface area contributed by atoms with Crippen molar-refractivity contribution in [2.24, 2.45) is 0 Å².